The maximum absolute atomic E-state index is 10.7. The van der Waals surface area contributed by atoms with E-state index in [2.05, 4.69) is 9.97 Å². The Hall–Kier alpha value is -1.49. The molecule has 0 saturated carbocycles. The van der Waals surface area contributed by atoms with Crippen molar-refractivity contribution in [1.29, 1.82) is 0 Å². The van der Waals surface area contributed by atoms with Crippen molar-refractivity contribution in [2.75, 3.05) is 6.61 Å². The third-order valence-electron chi connectivity index (χ3n) is 2.36. The van der Waals surface area contributed by atoms with E-state index in [1.165, 1.54) is 12.3 Å². The topological polar surface area (TPSA) is 72.3 Å². The summed E-state index contributed by atoms with van der Waals surface area (Å²) in [6, 6.07) is 1.39. The van der Waals surface area contributed by atoms with E-state index in [-0.39, 0.29) is 11.8 Å². The van der Waals surface area contributed by atoms with Crippen LogP contribution in [0.25, 0.3) is 0 Å². The predicted octanol–water partition coefficient (Wildman–Crippen LogP) is 0.896. The maximum Gasteiger partial charge on any atom is 0.354 e. The molecule has 1 saturated heterocycles. The van der Waals surface area contributed by atoms with Crippen LogP contribution in [-0.2, 0) is 11.2 Å². The van der Waals surface area contributed by atoms with Gasteiger partial charge in [-0.3, -0.25) is 0 Å². The Morgan fingerprint density at radius 1 is 1.67 bits per heavy atom. The smallest absolute Gasteiger partial charge is 0.354 e. The summed E-state index contributed by atoms with van der Waals surface area (Å²) in [5.74, 6) is -0.479. The molecule has 1 atom stereocenters. The molecule has 0 spiro atoms. The molecule has 0 radical (unpaired) electrons. The fourth-order valence-electron chi connectivity index (χ4n) is 1.63. The molecule has 80 valence electrons. The number of carboxylic acid groups (broad SMARTS) is 1. The lowest BCUT2D eigenvalue weighted by molar-refractivity contribution is 0.0688. The minimum atomic E-state index is -1.02. The first-order chi connectivity index (χ1) is 7.25. The lowest BCUT2D eigenvalue weighted by Crippen LogP contribution is -2.13. The molecule has 1 N–H and O–H groups in total. The highest BCUT2D eigenvalue weighted by molar-refractivity contribution is 5.85. The molecule has 1 aliphatic rings. The first kappa shape index (κ1) is 10.0. The molecular formula is C10H12N2O3. The van der Waals surface area contributed by atoms with Crippen molar-refractivity contribution in [1.82, 2.24) is 9.97 Å². The van der Waals surface area contributed by atoms with Gasteiger partial charge in [0.2, 0.25) is 0 Å². The van der Waals surface area contributed by atoms with Crippen molar-refractivity contribution >= 4 is 5.97 Å². The number of hydrogen-bond donors (Lipinski definition) is 1. The van der Waals surface area contributed by atoms with Gasteiger partial charge in [0, 0.05) is 19.2 Å². The van der Waals surface area contributed by atoms with Crippen LogP contribution in [0.15, 0.2) is 12.3 Å². The second-order valence-corrected chi connectivity index (χ2v) is 3.50. The second-order valence-electron chi connectivity index (χ2n) is 3.50. The van der Waals surface area contributed by atoms with Crippen LogP contribution in [0, 0.1) is 0 Å². The molecule has 1 aromatic heterocycles. The van der Waals surface area contributed by atoms with Gasteiger partial charge in [-0.15, -0.1) is 0 Å². The summed E-state index contributed by atoms with van der Waals surface area (Å²) in [5, 5.41) is 8.75. The van der Waals surface area contributed by atoms with Gasteiger partial charge in [0.25, 0.3) is 0 Å². The number of ether oxygens (including phenoxy) is 1. The molecule has 0 aliphatic carbocycles. The van der Waals surface area contributed by atoms with Gasteiger partial charge in [0.1, 0.15) is 5.82 Å². The van der Waals surface area contributed by atoms with E-state index < -0.39 is 5.97 Å². The predicted molar refractivity (Wildman–Crippen MR) is 51.7 cm³/mol. The molecule has 5 nitrogen and oxygen atoms in total. The molecule has 5 heteroatoms. The maximum atomic E-state index is 10.7. The molecular weight excluding hydrogens is 196 g/mol. The van der Waals surface area contributed by atoms with Crippen molar-refractivity contribution in [3.8, 4) is 0 Å². The summed E-state index contributed by atoms with van der Waals surface area (Å²) >= 11 is 0. The standard InChI is InChI=1S/C10H12N2O3/c13-10(14)8-3-4-11-9(12-8)6-7-2-1-5-15-7/h3-4,7H,1-2,5-6H2,(H,13,14). The molecule has 1 unspecified atom stereocenters. The van der Waals surface area contributed by atoms with Gasteiger partial charge in [0.15, 0.2) is 5.69 Å². The highest BCUT2D eigenvalue weighted by atomic mass is 16.5. The number of aromatic carboxylic acids is 1. The minimum Gasteiger partial charge on any atom is -0.477 e. The Balaban J connectivity index is 2.07. The van der Waals surface area contributed by atoms with E-state index in [9.17, 15) is 4.79 Å². The summed E-state index contributed by atoms with van der Waals surface area (Å²) in [5.41, 5.74) is 0.0398. The van der Waals surface area contributed by atoms with Crippen LogP contribution >= 0.6 is 0 Å². The van der Waals surface area contributed by atoms with Gasteiger partial charge in [-0.2, -0.15) is 0 Å². The number of aromatic nitrogens is 2. The number of rotatable bonds is 3. The Labute approximate surface area is 87.1 Å². The lowest BCUT2D eigenvalue weighted by Gasteiger charge is -2.07. The van der Waals surface area contributed by atoms with Gasteiger partial charge in [-0.25, -0.2) is 14.8 Å². The largest absolute Gasteiger partial charge is 0.477 e. The van der Waals surface area contributed by atoms with Crippen LogP contribution in [0.5, 0.6) is 0 Å². The van der Waals surface area contributed by atoms with Crippen LogP contribution in [-0.4, -0.2) is 33.8 Å². The summed E-state index contributed by atoms with van der Waals surface area (Å²) < 4.78 is 5.43. The molecule has 15 heavy (non-hydrogen) atoms. The first-order valence-electron chi connectivity index (χ1n) is 4.92. The van der Waals surface area contributed by atoms with Gasteiger partial charge < -0.3 is 9.84 Å². The highest BCUT2D eigenvalue weighted by Crippen LogP contribution is 2.15. The second kappa shape index (κ2) is 4.35. The summed E-state index contributed by atoms with van der Waals surface area (Å²) in [7, 11) is 0. The Morgan fingerprint density at radius 2 is 2.53 bits per heavy atom. The molecule has 2 heterocycles. The van der Waals surface area contributed by atoms with Gasteiger partial charge in [0.05, 0.1) is 6.10 Å². The fourth-order valence-corrected chi connectivity index (χ4v) is 1.63. The number of carboxylic acids is 1. The minimum absolute atomic E-state index is 0.0398. The van der Waals surface area contributed by atoms with Crippen molar-refractivity contribution in [3.05, 3.63) is 23.8 Å². The highest BCUT2D eigenvalue weighted by Gasteiger charge is 2.17. The fraction of sp³-hybridized carbons (Fsp3) is 0.500. The van der Waals surface area contributed by atoms with E-state index in [4.69, 9.17) is 9.84 Å². The quantitative estimate of drug-likeness (QED) is 0.798. The van der Waals surface area contributed by atoms with Crippen molar-refractivity contribution in [2.24, 2.45) is 0 Å². The number of carbonyl (C=O) groups is 1. The molecule has 1 fully saturated rings. The Morgan fingerprint density at radius 3 is 3.20 bits per heavy atom. The normalized spacial score (nSPS) is 20.4. The van der Waals surface area contributed by atoms with Crippen LogP contribution < -0.4 is 0 Å². The molecule has 1 aromatic rings. The van der Waals surface area contributed by atoms with Crippen LogP contribution in [0.1, 0.15) is 29.2 Å². The first-order valence-corrected chi connectivity index (χ1v) is 4.92. The van der Waals surface area contributed by atoms with Crippen LogP contribution in [0.3, 0.4) is 0 Å². The summed E-state index contributed by atoms with van der Waals surface area (Å²) in [4.78, 5) is 18.6. The van der Waals surface area contributed by atoms with Crippen molar-refractivity contribution in [2.45, 2.75) is 25.4 Å². The molecule has 0 aromatic carbocycles. The third kappa shape index (κ3) is 2.50. The number of hydrogen-bond acceptors (Lipinski definition) is 4. The zero-order valence-corrected chi connectivity index (χ0v) is 8.22. The van der Waals surface area contributed by atoms with Gasteiger partial charge in [-0.05, 0) is 18.9 Å². The van der Waals surface area contributed by atoms with E-state index in [1.807, 2.05) is 0 Å². The third-order valence-corrected chi connectivity index (χ3v) is 2.36. The average molecular weight is 208 g/mol. The van der Waals surface area contributed by atoms with E-state index in [0.717, 1.165) is 19.4 Å². The van der Waals surface area contributed by atoms with Crippen LogP contribution in [0.2, 0.25) is 0 Å². The Kier molecular flexibility index (Phi) is 2.91. The van der Waals surface area contributed by atoms with Crippen molar-refractivity contribution in [3.63, 3.8) is 0 Å². The number of nitrogens with zero attached hydrogens (tertiary/aromatic N) is 2. The van der Waals surface area contributed by atoms with Gasteiger partial charge in [-0.1, -0.05) is 0 Å². The molecule has 0 bridgehead atoms. The van der Waals surface area contributed by atoms with Crippen molar-refractivity contribution < 1.29 is 14.6 Å². The van der Waals surface area contributed by atoms with Gasteiger partial charge >= 0.3 is 5.97 Å². The Bertz CT molecular complexity index is 361. The SMILES string of the molecule is O=C(O)c1ccnc(CC2CCCO2)n1. The summed E-state index contributed by atoms with van der Waals surface area (Å²) in [6.45, 7) is 0.781. The average Bonchev–Trinajstić information content (AvgIpc) is 2.71. The van der Waals surface area contributed by atoms with E-state index in [1.54, 1.807) is 0 Å². The van der Waals surface area contributed by atoms with E-state index >= 15 is 0 Å². The lowest BCUT2D eigenvalue weighted by atomic mass is 10.2. The molecule has 1 aliphatic heterocycles. The van der Waals surface area contributed by atoms with E-state index in [0.29, 0.717) is 12.2 Å². The zero-order valence-electron chi connectivity index (χ0n) is 8.22. The molecule has 2 rings (SSSR count). The van der Waals surface area contributed by atoms with Crippen LogP contribution in [0.4, 0.5) is 0 Å². The molecule has 0 amide bonds. The monoisotopic (exact) mass is 208 g/mol. The zero-order chi connectivity index (χ0) is 10.7. The summed E-state index contributed by atoms with van der Waals surface area (Å²) in [6.07, 6.45) is 4.28.